The summed E-state index contributed by atoms with van der Waals surface area (Å²) in [5.41, 5.74) is 3.31. The summed E-state index contributed by atoms with van der Waals surface area (Å²) in [6.45, 7) is 5.58. The minimum absolute atomic E-state index is 0.199. The van der Waals surface area contributed by atoms with Crippen molar-refractivity contribution in [1.82, 2.24) is 4.98 Å². The van der Waals surface area contributed by atoms with Gasteiger partial charge in [0.15, 0.2) is 0 Å². The average Bonchev–Trinajstić information content (AvgIpc) is 2.92. The molecule has 1 heterocycles. The zero-order chi connectivity index (χ0) is 25.8. The Morgan fingerprint density at radius 1 is 0.833 bits per heavy atom. The number of carbonyl (C=O) groups excluding carboxylic acids is 1. The molecule has 1 aromatic heterocycles. The third-order valence-electron chi connectivity index (χ3n) is 5.18. The predicted octanol–water partition coefficient (Wildman–Crippen LogP) is 6.71. The van der Waals surface area contributed by atoms with Gasteiger partial charge in [-0.15, -0.1) is 10.2 Å². The molecule has 0 N–H and O–H groups in total. The molecule has 0 fully saturated rings. The molecule has 0 aliphatic heterocycles. The molecule has 0 saturated carbocycles. The van der Waals surface area contributed by atoms with E-state index in [2.05, 4.69) is 30.3 Å². The molecule has 10 nitrogen and oxygen atoms in total. The molecule has 0 saturated heterocycles. The molecule has 10 heteroatoms. The number of nitrogens with zero attached hydrogens (tertiary/aromatic N) is 6. The van der Waals surface area contributed by atoms with Crippen molar-refractivity contribution in [3.8, 4) is 11.5 Å². The number of benzene rings is 2. The Morgan fingerprint density at radius 3 is 1.89 bits per heavy atom. The maximum absolute atomic E-state index is 11.7. The summed E-state index contributed by atoms with van der Waals surface area (Å²) in [4.78, 5) is 17.8. The van der Waals surface area contributed by atoms with Crippen molar-refractivity contribution < 1.29 is 19.0 Å². The summed E-state index contributed by atoms with van der Waals surface area (Å²) < 4.78 is 16.0. The van der Waals surface area contributed by atoms with Gasteiger partial charge < -0.3 is 19.1 Å². The van der Waals surface area contributed by atoms with Gasteiger partial charge in [0.2, 0.25) is 0 Å². The van der Waals surface area contributed by atoms with E-state index >= 15 is 0 Å². The summed E-state index contributed by atoms with van der Waals surface area (Å²) in [5, 5.41) is 17.2. The number of hydrogen-bond donors (Lipinski definition) is 0. The van der Waals surface area contributed by atoms with Crippen LogP contribution in [0.15, 0.2) is 81.4 Å². The summed E-state index contributed by atoms with van der Waals surface area (Å²) in [6, 6.07) is 14.5. The second-order valence-electron chi connectivity index (χ2n) is 7.45. The van der Waals surface area contributed by atoms with Gasteiger partial charge in [-0.1, -0.05) is 0 Å². The first-order valence-corrected chi connectivity index (χ1v) is 11.6. The number of azo groups is 2. The minimum atomic E-state index is -0.199. The van der Waals surface area contributed by atoms with E-state index in [-0.39, 0.29) is 5.97 Å². The number of aromatic nitrogens is 1. The van der Waals surface area contributed by atoms with Gasteiger partial charge in [0.25, 0.3) is 0 Å². The Morgan fingerprint density at radius 2 is 1.39 bits per heavy atom. The van der Waals surface area contributed by atoms with Crippen molar-refractivity contribution in [3.05, 3.63) is 60.9 Å². The molecule has 0 aliphatic rings. The fourth-order valence-electron chi connectivity index (χ4n) is 3.31. The lowest BCUT2D eigenvalue weighted by molar-refractivity contribution is -0.142. The second kappa shape index (κ2) is 13.5. The molecular formula is C26H30N6O4. The molecule has 3 aromatic rings. The normalized spacial score (nSPS) is 11.1. The van der Waals surface area contributed by atoms with E-state index in [0.29, 0.717) is 53.8 Å². The van der Waals surface area contributed by atoms with Crippen LogP contribution in [0.4, 0.5) is 28.4 Å². The molecule has 2 aromatic carbocycles. The van der Waals surface area contributed by atoms with Crippen molar-refractivity contribution in [2.75, 3.05) is 38.8 Å². The quantitative estimate of drug-likeness (QED) is 0.206. The van der Waals surface area contributed by atoms with Crippen LogP contribution < -0.4 is 14.4 Å². The van der Waals surface area contributed by atoms with Gasteiger partial charge in [-0.3, -0.25) is 9.78 Å². The number of pyridine rings is 1. The Balaban J connectivity index is 1.75. The second-order valence-corrected chi connectivity index (χ2v) is 7.45. The van der Waals surface area contributed by atoms with Crippen molar-refractivity contribution in [2.45, 2.75) is 20.3 Å². The van der Waals surface area contributed by atoms with E-state index in [9.17, 15) is 4.79 Å². The predicted molar refractivity (Wildman–Crippen MR) is 138 cm³/mol. The van der Waals surface area contributed by atoms with Crippen LogP contribution in [0.1, 0.15) is 20.3 Å². The molecule has 0 unspecified atom stereocenters. The van der Waals surface area contributed by atoms with Crippen LogP contribution in [0, 0.1) is 0 Å². The zero-order valence-corrected chi connectivity index (χ0v) is 20.9. The number of hydrogen-bond acceptors (Lipinski definition) is 10. The highest BCUT2D eigenvalue weighted by Crippen LogP contribution is 2.41. The highest BCUT2D eigenvalue weighted by Gasteiger charge is 2.12. The van der Waals surface area contributed by atoms with Gasteiger partial charge >= 0.3 is 5.97 Å². The maximum atomic E-state index is 11.7. The molecular weight excluding hydrogens is 460 g/mol. The Hall–Kier alpha value is -4.34. The lowest BCUT2D eigenvalue weighted by Crippen LogP contribution is -2.26. The number of anilines is 1. The van der Waals surface area contributed by atoms with E-state index in [1.165, 1.54) is 0 Å². The van der Waals surface area contributed by atoms with Crippen molar-refractivity contribution >= 4 is 34.4 Å². The van der Waals surface area contributed by atoms with Crippen LogP contribution >= 0.6 is 0 Å². The fraction of sp³-hybridized carbons (Fsp3) is 0.308. The number of carbonyl (C=O) groups is 1. The molecule has 0 radical (unpaired) electrons. The van der Waals surface area contributed by atoms with Crippen LogP contribution in [-0.2, 0) is 9.53 Å². The maximum Gasteiger partial charge on any atom is 0.307 e. The average molecular weight is 491 g/mol. The van der Waals surface area contributed by atoms with Gasteiger partial charge in [-0.05, 0) is 50.2 Å². The van der Waals surface area contributed by atoms with E-state index in [4.69, 9.17) is 14.2 Å². The van der Waals surface area contributed by atoms with Crippen molar-refractivity contribution in [2.24, 2.45) is 20.5 Å². The van der Waals surface area contributed by atoms with Crippen LogP contribution in [0.2, 0.25) is 0 Å². The summed E-state index contributed by atoms with van der Waals surface area (Å²) in [6.07, 6.45) is 3.62. The van der Waals surface area contributed by atoms with Gasteiger partial charge in [0.1, 0.15) is 22.9 Å². The molecule has 36 heavy (non-hydrogen) atoms. The standard InChI is InChI=1S/C26H30N6O4/c1-5-32(16-13-26(33)36-6-2)21-9-7-19(8-10-21)28-30-22-17-25(35-4)23(18-24(22)34-3)31-29-20-11-14-27-15-12-20/h7-12,14-15,17-18H,5-6,13,16H2,1-4H3/b30-28+,31-29+. The third-order valence-corrected chi connectivity index (χ3v) is 5.18. The topological polar surface area (TPSA) is 110 Å². The van der Waals surface area contributed by atoms with Gasteiger partial charge in [-0.2, -0.15) is 10.2 Å². The lowest BCUT2D eigenvalue weighted by atomic mass is 10.2. The first-order chi connectivity index (χ1) is 17.6. The zero-order valence-electron chi connectivity index (χ0n) is 20.9. The number of methoxy groups -OCH3 is 2. The lowest BCUT2D eigenvalue weighted by Gasteiger charge is -2.22. The van der Waals surface area contributed by atoms with Crippen molar-refractivity contribution in [3.63, 3.8) is 0 Å². The third kappa shape index (κ3) is 7.33. The molecule has 0 atom stereocenters. The Kier molecular flexibility index (Phi) is 9.87. The smallest absolute Gasteiger partial charge is 0.307 e. The van der Waals surface area contributed by atoms with E-state index in [0.717, 1.165) is 12.2 Å². The van der Waals surface area contributed by atoms with Crippen molar-refractivity contribution in [1.29, 1.82) is 0 Å². The van der Waals surface area contributed by atoms with Crippen LogP contribution in [0.25, 0.3) is 0 Å². The molecule has 0 bridgehead atoms. The summed E-state index contributed by atoms with van der Waals surface area (Å²) in [7, 11) is 3.10. The van der Waals surface area contributed by atoms with Gasteiger partial charge in [0, 0.05) is 43.3 Å². The largest absolute Gasteiger partial charge is 0.494 e. The fourth-order valence-corrected chi connectivity index (χ4v) is 3.31. The van der Waals surface area contributed by atoms with Gasteiger partial charge in [-0.25, -0.2) is 0 Å². The van der Waals surface area contributed by atoms with E-state index < -0.39 is 0 Å². The van der Waals surface area contributed by atoms with Gasteiger partial charge in [0.05, 0.1) is 38.6 Å². The first-order valence-electron chi connectivity index (χ1n) is 11.6. The molecule has 0 aliphatic carbocycles. The Labute approximate surface area is 210 Å². The van der Waals surface area contributed by atoms with Crippen LogP contribution in [0.3, 0.4) is 0 Å². The molecule has 0 spiro atoms. The van der Waals surface area contributed by atoms with E-state index in [1.807, 2.05) is 31.2 Å². The first kappa shape index (κ1) is 26.3. The molecule has 3 rings (SSSR count). The molecule has 188 valence electrons. The summed E-state index contributed by atoms with van der Waals surface area (Å²) in [5.74, 6) is 0.768. The SMILES string of the molecule is CCOC(=O)CCN(CC)c1ccc(/N=N/c2cc(OC)c(/N=N/c3ccncc3)cc2OC)cc1. The number of esters is 1. The highest BCUT2D eigenvalue weighted by molar-refractivity contribution is 5.70. The highest BCUT2D eigenvalue weighted by atomic mass is 16.5. The van der Waals surface area contributed by atoms with Crippen LogP contribution in [0.5, 0.6) is 11.5 Å². The number of ether oxygens (including phenoxy) is 3. The minimum Gasteiger partial charge on any atom is -0.494 e. The summed E-state index contributed by atoms with van der Waals surface area (Å²) >= 11 is 0. The number of rotatable bonds is 12. The molecule has 0 amide bonds. The van der Waals surface area contributed by atoms with Crippen LogP contribution in [-0.4, -0.2) is 44.9 Å². The van der Waals surface area contributed by atoms with E-state index in [1.54, 1.807) is 57.8 Å². The Bertz CT molecular complexity index is 1180. The monoisotopic (exact) mass is 490 g/mol.